The molecule has 0 atom stereocenters. The molecule has 3 nitrogen and oxygen atoms in total. The van der Waals surface area contributed by atoms with Gasteiger partial charge < -0.3 is 15.2 Å². The van der Waals surface area contributed by atoms with Crippen molar-refractivity contribution in [1.82, 2.24) is 0 Å². The molecule has 36 heavy (non-hydrogen) atoms. The van der Waals surface area contributed by atoms with Crippen molar-refractivity contribution in [2.24, 2.45) is 0 Å². The van der Waals surface area contributed by atoms with E-state index in [0.717, 1.165) is 23.8 Å². The van der Waals surface area contributed by atoms with Gasteiger partial charge in [0, 0.05) is 5.69 Å². The maximum atomic E-state index is 13.3. The van der Waals surface area contributed by atoms with E-state index in [2.05, 4.69) is 0 Å². The van der Waals surface area contributed by atoms with Gasteiger partial charge in [0.15, 0.2) is 0 Å². The first-order valence-electron chi connectivity index (χ1n) is 10.6. The molecule has 4 aromatic rings. The number of nitrogens with two attached hydrogens (primary N) is 1. The smallest absolute Gasteiger partial charge is 0.420 e. The van der Waals surface area contributed by atoms with Crippen LogP contribution in [-0.4, -0.2) is 0 Å². The van der Waals surface area contributed by atoms with Crippen LogP contribution in [0.1, 0.15) is 16.7 Å². The number of ether oxygens (including phenoxy) is 2. The fourth-order valence-electron chi connectivity index (χ4n) is 3.50. The van der Waals surface area contributed by atoms with Gasteiger partial charge in [-0.05, 0) is 72.6 Å². The van der Waals surface area contributed by atoms with Crippen LogP contribution in [0.3, 0.4) is 0 Å². The van der Waals surface area contributed by atoms with Gasteiger partial charge in [0.1, 0.15) is 28.6 Å². The van der Waals surface area contributed by atoms with E-state index in [-0.39, 0.29) is 28.7 Å². The summed E-state index contributed by atoms with van der Waals surface area (Å²) in [6, 6.07) is 19.8. The van der Waals surface area contributed by atoms with Crippen molar-refractivity contribution in [2.45, 2.75) is 19.3 Å². The van der Waals surface area contributed by atoms with E-state index in [0.29, 0.717) is 11.1 Å². The minimum absolute atomic E-state index is 0.0329. The van der Waals surface area contributed by atoms with E-state index in [1.165, 1.54) is 42.5 Å². The molecule has 4 aromatic carbocycles. The highest BCUT2D eigenvalue weighted by atomic mass is 19.4. The zero-order valence-electron chi connectivity index (χ0n) is 18.7. The minimum Gasteiger partial charge on any atom is -0.457 e. The van der Waals surface area contributed by atoms with E-state index in [4.69, 9.17) is 15.2 Å². The van der Waals surface area contributed by atoms with Crippen LogP contribution in [0.2, 0.25) is 0 Å². The number of rotatable bonds is 5. The average molecular weight is 503 g/mol. The normalized spacial score (nSPS) is 11.9. The average Bonchev–Trinajstić information content (AvgIpc) is 2.81. The molecule has 0 fully saturated rings. The van der Waals surface area contributed by atoms with Crippen molar-refractivity contribution in [3.05, 3.63) is 102 Å². The number of nitrogen functional groups attached to an aromatic ring is 1. The highest BCUT2D eigenvalue weighted by Crippen LogP contribution is 2.40. The Balaban J connectivity index is 1.50. The Morgan fingerprint density at radius 3 is 1.42 bits per heavy atom. The quantitative estimate of drug-likeness (QED) is 0.219. The van der Waals surface area contributed by atoms with E-state index in [1.54, 1.807) is 31.2 Å². The maximum absolute atomic E-state index is 13.3. The summed E-state index contributed by atoms with van der Waals surface area (Å²) in [6.07, 6.45) is -9.19. The van der Waals surface area contributed by atoms with Crippen molar-refractivity contribution >= 4 is 5.69 Å². The van der Waals surface area contributed by atoms with E-state index in [1.807, 2.05) is 0 Å². The lowest BCUT2D eigenvalue weighted by Crippen LogP contribution is -2.08. The van der Waals surface area contributed by atoms with Crippen LogP contribution in [0.4, 0.5) is 32.0 Å². The molecule has 0 saturated carbocycles. The molecule has 2 N–H and O–H groups in total. The Hall–Kier alpha value is -4.14. The zero-order valence-corrected chi connectivity index (χ0v) is 18.7. The van der Waals surface area contributed by atoms with Crippen LogP contribution in [0, 0.1) is 6.92 Å². The summed E-state index contributed by atoms with van der Waals surface area (Å²) in [5.41, 5.74) is 5.49. The van der Waals surface area contributed by atoms with Gasteiger partial charge in [-0.2, -0.15) is 26.3 Å². The molecule has 0 spiro atoms. The fourth-order valence-corrected chi connectivity index (χ4v) is 3.50. The second-order valence-corrected chi connectivity index (χ2v) is 8.00. The van der Waals surface area contributed by atoms with Gasteiger partial charge in [-0.15, -0.1) is 0 Å². The summed E-state index contributed by atoms with van der Waals surface area (Å²) in [7, 11) is 0. The van der Waals surface area contributed by atoms with Crippen molar-refractivity contribution < 1.29 is 35.8 Å². The minimum atomic E-state index is -4.63. The SMILES string of the molecule is Cc1ccc(Oc2ccc(-c3ccc(Oc4ccc(N)cc4C(F)(F)F)cc3)cc2)c(C(F)(F)F)c1. The Labute approximate surface area is 202 Å². The number of hydrogen-bond acceptors (Lipinski definition) is 3. The lowest BCUT2D eigenvalue weighted by atomic mass is 10.1. The molecule has 0 aliphatic rings. The molecule has 0 radical (unpaired) electrons. The van der Waals surface area contributed by atoms with Gasteiger partial charge in [0.25, 0.3) is 0 Å². The summed E-state index contributed by atoms with van der Waals surface area (Å²) in [6.45, 7) is 1.56. The lowest BCUT2D eigenvalue weighted by Gasteiger charge is -2.15. The van der Waals surface area contributed by atoms with Crippen LogP contribution in [0.25, 0.3) is 11.1 Å². The number of anilines is 1. The Morgan fingerprint density at radius 1 is 0.556 bits per heavy atom. The van der Waals surface area contributed by atoms with E-state index < -0.39 is 23.5 Å². The molecule has 0 aliphatic heterocycles. The maximum Gasteiger partial charge on any atom is 0.420 e. The molecule has 0 aromatic heterocycles. The molecule has 186 valence electrons. The van der Waals surface area contributed by atoms with Crippen LogP contribution < -0.4 is 15.2 Å². The van der Waals surface area contributed by atoms with E-state index >= 15 is 0 Å². The topological polar surface area (TPSA) is 44.5 Å². The molecule has 4 rings (SSSR count). The second-order valence-electron chi connectivity index (χ2n) is 8.00. The van der Waals surface area contributed by atoms with Gasteiger partial charge >= 0.3 is 12.4 Å². The first kappa shape index (κ1) is 25.0. The molecular weight excluding hydrogens is 484 g/mol. The van der Waals surface area contributed by atoms with E-state index in [9.17, 15) is 26.3 Å². The molecule has 0 aliphatic carbocycles. The summed E-state index contributed by atoms with van der Waals surface area (Å²) in [5.74, 6) is -0.271. The Kier molecular flexibility index (Phi) is 6.58. The van der Waals surface area contributed by atoms with Crippen molar-refractivity contribution in [1.29, 1.82) is 0 Å². The summed E-state index contributed by atoms with van der Waals surface area (Å²) in [5, 5.41) is 0. The van der Waals surface area contributed by atoms with Gasteiger partial charge in [-0.1, -0.05) is 35.9 Å². The fraction of sp³-hybridized carbons (Fsp3) is 0.111. The predicted molar refractivity (Wildman–Crippen MR) is 124 cm³/mol. The van der Waals surface area contributed by atoms with Crippen LogP contribution in [-0.2, 0) is 12.4 Å². The van der Waals surface area contributed by atoms with Crippen LogP contribution in [0.15, 0.2) is 84.9 Å². The highest BCUT2D eigenvalue weighted by molar-refractivity contribution is 5.65. The van der Waals surface area contributed by atoms with Gasteiger partial charge in [-0.25, -0.2) is 0 Å². The van der Waals surface area contributed by atoms with Crippen LogP contribution >= 0.6 is 0 Å². The first-order chi connectivity index (χ1) is 16.9. The standard InChI is InChI=1S/C27H19F6NO2/c1-16-2-12-24(22(14-16)26(28,29)30)35-20-8-3-17(4-9-20)18-5-10-21(11-6-18)36-25-13-7-19(34)15-23(25)27(31,32)33/h2-15H,34H2,1H3. The molecule has 9 heteroatoms. The Morgan fingerprint density at radius 2 is 0.972 bits per heavy atom. The number of aryl methyl sites for hydroxylation is 1. The second kappa shape index (κ2) is 9.49. The molecular formula is C27H19F6NO2. The molecule has 0 amide bonds. The van der Waals surface area contributed by atoms with Gasteiger partial charge in [0.2, 0.25) is 0 Å². The summed E-state index contributed by atoms with van der Waals surface area (Å²) >= 11 is 0. The van der Waals surface area contributed by atoms with Gasteiger partial charge in [-0.3, -0.25) is 0 Å². The Bertz CT molecular complexity index is 1250. The monoisotopic (exact) mass is 503 g/mol. The number of halogens is 6. The third-order valence-corrected chi connectivity index (χ3v) is 5.25. The van der Waals surface area contributed by atoms with Gasteiger partial charge in [0.05, 0.1) is 5.56 Å². The summed E-state index contributed by atoms with van der Waals surface area (Å²) < 4.78 is 90.8. The predicted octanol–water partition coefficient (Wildman–Crippen LogP) is 8.87. The summed E-state index contributed by atoms with van der Waals surface area (Å²) in [4.78, 5) is 0. The number of hydrogen-bond donors (Lipinski definition) is 1. The largest absolute Gasteiger partial charge is 0.457 e. The number of alkyl halides is 6. The van der Waals surface area contributed by atoms with Crippen LogP contribution in [0.5, 0.6) is 23.0 Å². The highest BCUT2D eigenvalue weighted by Gasteiger charge is 2.35. The third-order valence-electron chi connectivity index (χ3n) is 5.25. The van der Waals surface area contributed by atoms with Crippen molar-refractivity contribution in [2.75, 3.05) is 5.73 Å². The van der Waals surface area contributed by atoms with Crippen molar-refractivity contribution in [3.63, 3.8) is 0 Å². The molecule has 0 saturated heterocycles. The third kappa shape index (κ3) is 5.73. The lowest BCUT2D eigenvalue weighted by molar-refractivity contribution is -0.139. The molecule has 0 heterocycles. The number of benzene rings is 4. The first-order valence-corrected chi connectivity index (χ1v) is 10.6. The van der Waals surface area contributed by atoms with Crippen molar-refractivity contribution in [3.8, 4) is 34.1 Å². The molecule has 0 unspecified atom stereocenters. The zero-order chi connectivity index (χ0) is 26.1. The molecule has 0 bridgehead atoms.